The molecule has 5 heteroatoms. The van der Waals surface area contributed by atoms with Crippen LogP contribution in [0.5, 0.6) is 0 Å². The monoisotopic (exact) mass is 300 g/mol. The van der Waals surface area contributed by atoms with Crippen molar-refractivity contribution in [3.63, 3.8) is 0 Å². The van der Waals surface area contributed by atoms with Crippen LogP contribution in [0.3, 0.4) is 0 Å². The third kappa shape index (κ3) is 4.16. The highest BCUT2D eigenvalue weighted by atomic mass is 16.5. The van der Waals surface area contributed by atoms with Crippen LogP contribution in [-0.4, -0.2) is 53.3 Å². The summed E-state index contributed by atoms with van der Waals surface area (Å²) in [6.45, 7) is 8.05. The van der Waals surface area contributed by atoms with Crippen molar-refractivity contribution in [1.82, 2.24) is 19.8 Å². The number of benzene rings is 1. The predicted molar refractivity (Wildman–Crippen MR) is 87.1 cm³/mol. The normalized spacial score (nSPS) is 17.5. The SMILES string of the molecule is CC(CN1CCOCC1)NCc1ccc(-n2ccnc2)cc1. The quantitative estimate of drug-likeness (QED) is 0.881. The molecule has 1 N–H and O–H groups in total. The Morgan fingerprint density at radius 2 is 2.00 bits per heavy atom. The first-order valence-corrected chi connectivity index (χ1v) is 7.92. The standard InChI is InChI=1S/C17H24N4O/c1-15(13-20-8-10-22-11-9-20)19-12-16-2-4-17(5-3-16)21-7-6-18-14-21/h2-7,14-15,19H,8-13H2,1H3. The Labute approximate surface area is 131 Å². The van der Waals surface area contributed by atoms with Gasteiger partial charge in [-0.15, -0.1) is 0 Å². The van der Waals surface area contributed by atoms with E-state index in [1.165, 1.54) is 5.56 Å². The van der Waals surface area contributed by atoms with Gasteiger partial charge in [0.2, 0.25) is 0 Å². The average Bonchev–Trinajstić information content (AvgIpc) is 3.09. The van der Waals surface area contributed by atoms with Crippen molar-refractivity contribution in [2.45, 2.75) is 19.5 Å². The van der Waals surface area contributed by atoms with E-state index < -0.39 is 0 Å². The van der Waals surface area contributed by atoms with E-state index in [-0.39, 0.29) is 0 Å². The highest BCUT2D eigenvalue weighted by molar-refractivity contribution is 5.34. The van der Waals surface area contributed by atoms with Crippen molar-refractivity contribution in [3.8, 4) is 5.69 Å². The number of morpholine rings is 1. The van der Waals surface area contributed by atoms with Crippen LogP contribution in [0.1, 0.15) is 12.5 Å². The Kier molecular flexibility index (Phi) is 5.21. The number of hydrogen-bond acceptors (Lipinski definition) is 4. The van der Waals surface area contributed by atoms with Gasteiger partial charge in [-0.05, 0) is 24.6 Å². The lowest BCUT2D eigenvalue weighted by Gasteiger charge is -2.29. The van der Waals surface area contributed by atoms with Gasteiger partial charge >= 0.3 is 0 Å². The molecule has 118 valence electrons. The van der Waals surface area contributed by atoms with E-state index in [0.29, 0.717) is 6.04 Å². The number of hydrogen-bond donors (Lipinski definition) is 1. The Balaban J connectivity index is 1.46. The molecule has 22 heavy (non-hydrogen) atoms. The minimum Gasteiger partial charge on any atom is -0.379 e. The van der Waals surface area contributed by atoms with Crippen molar-refractivity contribution < 1.29 is 4.74 Å². The fourth-order valence-electron chi connectivity index (χ4n) is 2.73. The van der Waals surface area contributed by atoms with Crippen molar-refractivity contribution in [3.05, 3.63) is 48.5 Å². The minimum absolute atomic E-state index is 0.478. The lowest BCUT2D eigenvalue weighted by molar-refractivity contribution is 0.0343. The van der Waals surface area contributed by atoms with Gasteiger partial charge in [0.25, 0.3) is 0 Å². The summed E-state index contributed by atoms with van der Waals surface area (Å²) in [5.74, 6) is 0. The van der Waals surface area contributed by atoms with E-state index in [2.05, 4.69) is 46.4 Å². The van der Waals surface area contributed by atoms with E-state index in [1.807, 2.05) is 17.1 Å². The molecule has 1 saturated heterocycles. The molecule has 1 fully saturated rings. The molecule has 0 spiro atoms. The molecular formula is C17H24N4O. The summed E-state index contributed by atoms with van der Waals surface area (Å²) in [6, 6.07) is 9.08. The third-order valence-corrected chi connectivity index (χ3v) is 4.03. The van der Waals surface area contributed by atoms with Crippen LogP contribution in [0, 0.1) is 0 Å². The van der Waals surface area contributed by atoms with Crippen molar-refractivity contribution in [1.29, 1.82) is 0 Å². The van der Waals surface area contributed by atoms with Gasteiger partial charge < -0.3 is 14.6 Å². The lowest BCUT2D eigenvalue weighted by Crippen LogP contribution is -2.44. The molecule has 1 aliphatic heterocycles. The molecular weight excluding hydrogens is 276 g/mol. The molecule has 1 aliphatic rings. The summed E-state index contributed by atoms with van der Waals surface area (Å²) in [6.07, 6.45) is 5.57. The number of ether oxygens (including phenoxy) is 1. The van der Waals surface area contributed by atoms with Crippen LogP contribution in [0.2, 0.25) is 0 Å². The zero-order valence-electron chi connectivity index (χ0n) is 13.1. The van der Waals surface area contributed by atoms with Crippen LogP contribution in [0.4, 0.5) is 0 Å². The zero-order valence-corrected chi connectivity index (χ0v) is 13.1. The smallest absolute Gasteiger partial charge is 0.0991 e. The number of nitrogens with zero attached hydrogens (tertiary/aromatic N) is 3. The second-order valence-electron chi connectivity index (χ2n) is 5.83. The Hall–Kier alpha value is -1.69. The molecule has 3 rings (SSSR count). The summed E-state index contributed by atoms with van der Waals surface area (Å²) in [5, 5.41) is 3.60. The van der Waals surface area contributed by atoms with Crippen LogP contribution >= 0.6 is 0 Å². The first kappa shape index (κ1) is 15.2. The van der Waals surface area contributed by atoms with Crippen LogP contribution < -0.4 is 5.32 Å². The molecule has 2 aromatic rings. The van der Waals surface area contributed by atoms with E-state index in [9.17, 15) is 0 Å². The molecule has 1 atom stereocenters. The van der Waals surface area contributed by atoms with Crippen LogP contribution in [-0.2, 0) is 11.3 Å². The van der Waals surface area contributed by atoms with Gasteiger partial charge in [0.1, 0.15) is 0 Å². The fraction of sp³-hybridized carbons (Fsp3) is 0.471. The molecule has 0 bridgehead atoms. The molecule has 0 aliphatic carbocycles. The van der Waals surface area contributed by atoms with Gasteiger partial charge in [-0.25, -0.2) is 4.98 Å². The molecule has 2 heterocycles. The molecule has 0 amide bonds. The van der Waals surface area contributed by atoms with Gasteiger partial charge in [-0.3, -0.25) is 4.90 Å². The van der Waals surface area contributed by atoms with E-state index in [0.717, 1.165) is 45.1 Å². The maximum atomic E-state index is 5.38. The first-order chi connectivity index (χ1) is 10.8. The topological polar surface area (TPSA) is 42.3 Å². The van der Waals surface area contributed by atoms with E-state index >= 15 is 0 Å². The number of rotatable bonds is 6. The van der Waals surface area contributed by atoms with Gasteiger partial charge in [-0.2, -0.15) is 0 Å². The van der Waals surface area contributed by atoms with Crippen molar-refractivity contribution >= 4 is 0 Å². The lowest BCUT2D eigenvalue weighted by atomic mass is 10.2. The maximum absolute atomic E-state index is 5.38. The summed E-state index contributed by atoms with van der Waals surface area (Å²) in [4.78, 5) is 6.53. The summed E-state index contributed by atoms with van der Waals surface area (Å²) < 4.78 is 7.40. The average molecular weight is 300 g/mol. The Morgan fingerprint density at radius 1 is 1.23 bits per heavy atom. The minimum atomic E-state index is 0.478. The van der Waals surface area contributed by atoms with Gasteiger partial charge in [0.15, 0.2) is 0 Å². The summed E-state index contributed by atoms with van der Waals surface area (Å²) in [7, 11) is 0. The van der Waals surface area contributed by atoms with Gasteiger partial charge in [0.05, 0.1) is 19.5 Å². The second kappa shape index (κ2) is 7.54. The number of nitrogens with one attached hydrogen (secondary N) is 1. The zero-order chi connectivity index (χ0) is 15.2. The van der Waals surface area contributed by atoms with E-state index in [4.69, 9.17) is 4.74 Å². The summed E-state index contributed by atoms with van der Waals surface area (Å²) in [5.41, 5.74) is 2.44. The highest BCUT2D eigenvalue weighted by Gasteiger charge is 2.13. The molecule has 1 unspecified atom stereocenters. The molecule has 1 aromatic heterocycles. The van der Waals surface area contributed by atoms with Gasteiger partial charge in [-0.1, -0.05) is 12.1 Å². The largest absolute Gasteiger partial charge is 0.379 e. The molecule has 1 aromatic carbocycles. The third-order valence-electron chi connectivity index (χ3n) is 4.03. The summed E-state index contributed by atoms with van der Waals surface area (Å²) >= 11 is 0. The molecule has 0 radical (unpaired) electrons. The maximum Gasteiger partial charge on any atom is 0.0991 e. The second-order valence-corrected chi connectivity index (χ2v) is 5.83. The number of imidazole rings is 1. The highest BCUT2D eigenvalue weighted by Crippen LogP contribution is 2.09. The van der Waals surface area contributed by atoms with Crippen LogP contribution in [0.25, 0.3) is 5.69 Å². The molecule has 5 nitrogen and oxygen atoms in total. The predicted octanol–water partition coefficient (Wildman–Crippen LogP) is 1.68. The van der Waals surface area contributed by atoms with Crippen LogP contribution in [0.15, 0.2) is 43.0 Å². The molecule has 0 saturated carbocycles. The Morgan fingerprint density at radius 3 is 2.68 bits per heavy atom. The van der Waals surface area contributed by atoms with Crippen molar-refractivity contribution in [2.24, 2.45) is 0 Å². The van der Waals surface area contributed by atoms with E-state index in [1.54, 1.807) is 6.20 Å². The Bertz CT molecular complexity index is 547. The first-order valence-electron chi connectivity index (χ1n) is 7.92. The fourth-order valence-corrected chi connectivity index (χ4v) is 2.73. The number of aromatic nitrogens is 2. The van der Waals surface area contributed by atoms with Crippen molar-refractivity contribution in [2.75, 3.05) is 32.8 Å². The van der Waals surface area contributed by atoms with Gasteiger partial charge in [0, 0.05) is 50.3 Å².